The number of aliphatic hydroxyl groups excluding tert-OH is 1. The summed E-state index contributed by atoms with van der Waals surface area (Å²) >= 11 is 0. The molecule has 2 N–H and O–H groups in total. The number of allylic oxidation sites excluding steroid dienone is 1. The molecule has 0 radical (unpaired) electrons. The first-order chi connectivity index (χ1) is 13.1. The van der Waals surface area contributed by atoms with Gasteiger partial charge in [-0.3, -0.25) is 9.89 Å². The van der Waals surface area contributed by atoms with Crippen LogP contribution in [0.15, 0.2) is 55.0 Å². The number of nitrogens with zero attached hydrogens (tertiary/aromatic N) is 3. The summed E-state index contributed by atoms with van der Waals surface area (Å²) in [4.78, 5) is 28.0. The molecule has 8 nitrogen and oxygen atoms in total. The number of aliphatic hydroxyl groups is 1. The van der Waals surface area contributed by atoms with Crippen LogP contribution >= 0.6 is 0 Å². The summed E-state index contributed by atoms with van der Waals surface area (Å²) in [7, 11) is 0. The number of ether oxygens (including phenoxy) is 1. The maximum absolute atomic E-state index is 12.3. The summed E-state index contributed by atoms with van der Waals surface area (Å²) in [5.41, 5.74) is 1.58. The molecule has 1 aromatic carbocycles. The van der Waals surface area contributed by atoms with Crippen molar-refractivity contribution in [2.75, 3.05) is 6.61 Å². The molecule has 0 saturated carbocycles. The molecule has 0 spiro atoms. The number of benzene rings is 1. The number of carbonyl (C=O) groups is 2. The maximum atomic E-state index is 12.3. The van der Waals surface area contributed by atoms with Crippen LogP contribution in [0.3, 0.4) is 0 Å². The average Bonchev–Trinajstić information content (AvgIpc) is 3.33. The molecular weight excluding hydrogens is 348 g/mol. The molecule has 2 aromatic heterocycles. The van der Waals surface area contributed by atoms with E-state index in [4.69, 9.17) is 4.74 Å². The lowest BCUT2D eigenvalue weighted by molar-refractivity contribution is 0.0514. The van der Waals surface area contributed by atoms with Crippen molar-refractivity contribution in [1.82, 2.24) is 19.7 Å². The summed E-state index contributed by atoms with van der Waals surface area (Å²) in [5, 5.41) is 16.3. The third-order valence-corrected chi connectivity index (χ3v) is 3.79. The SMILES string of the molecule is CCOC(=O)c1cc(/C(O)=C\C(=O)c2ncn[nH]2)cn1Cc1ccccc1. The highest BCUT2D eigenvalue weighted by Gasteiger charge is 2.18. The van der Waals surface area contributed by atoms with Gasteiger partial charge in [0.25, 0.3) is 0 Å². The summed E-state index contributed by atoms with van der Waals surface area (Å²) in [6, 6.07) is 11.0. The zero-order chi connectivity index (χ0) is 19.2. The Morgan fingerprint density at radius 1 is 1.30 bits per heavy atom. The standard InChI is InChI=1S/C19H18N4O4/c1-2-27-19(26)15-8-14(11-23(15)10-13-6-4-3-5-7-13)16(24)9-17(25)18-20-12-21-22-18/h3-9,11-12,24H,2,10H2,1H3,(H,20,21,22)/b16-9+. The van der Waals surface area contributed by atoms with Crippen molar-refractivity contribution >= 4 is 17.5 Å². The largest absolute Gasteiger partial charge is 0.507 e. The van der Waals surface area contributed by atoms with Crippen molar-refractivity contribution in [3.8, 4) is 0 Å². The van der Waals surface area contributed by atoms with Gasteiger partial charge in [0.1, 0.15) is 17.8 Å². The van der Waals surface area contributed by atoms with Gasteiger partial charge in [-0.25, -0.2) is 9.78 Å². The molecule has 0 aliphatic carbocycles. The van der Waals surface area contributed by atoms with E-state index in [1.165, 1.54) is 12.4 Å². The van der Waals surface area contributed by atoms with E-state index in [9.17, 15) is 14.7 Å². The van der Waals surface area contributed by atoms with Crippen molar-refractivity contribution in [3.63, 3.8) is 0 Å². The summed E-state index contributed by atoms with van der Waals surface area (Å²) in [6.07, 6.45) is 3.82. The van der Waals surface area contributed by atoms with Crippen LogP contribution in [-0.2, 0) is 11.3 Å². The van der Waals surface area contributed by atoms with Crippen LogP contribution in [-0.4, -0.2) is 43.2 Å². The van der Waals surface area contributed by atoms with Crippen LogP contribution in [0, 0.1) is 0 Å². The highest BCUT2D eigenvalue weighted by atomic mass is 16.5. The van der Waals surface area contributed by atoms with Gasteiger partial charge in [-0.05, 0) is 18.6 Å². The first kappa shape index (κ1) is 18.1. The van der Waals surface area contributed by atoms with Crippen LogP contribution < -0.4 is 0 Å². The Kier molecular flexibility index (Phi) is 5.46. The number of aromatic amines is 1. The molecule has 0 aliphatic rings. The van der Waals surface area contributed by atoms with E-state index in [1.54, 1.807) is 17.7 Å². The van der Waals surface area contributed by atoms with Crippen LogP contribution in [0.5, 0.6) is 0 Å². The van der Waals surface area contributed by atoms with Gasteiger partial charge in [0.2, 0.25) is 5.78 Å². The first-order valence-corrected chi connectivity index (χ1v) is 8.30. The fraction of sp³-hybridized carbons (Fsp3) is 0.158. The Morgan fingerprint density at radius 3 is 2.74 bits per heavy atom. The summed E-state index contributed by atoms with van der Waals surface area (Å²) < 4.78 is 6.76. The Balaban J connectivity index is 1.92. The van der Waals surface area contributed by atoms with Gasteiger partial charge in [-0.1, -0.05) is 30.3 Å². The Bertz CT molecular complexity index is 959. The van der Waals surface area contributed by atoms with Crippen molar-refractivity contribution in [3.05, 3.63) is 77.6 Å². The number of aromatic nitrogens is 4. The zero-order valence-electron chi connectivity index (χ0n) is 14.6. The fourth-order valence-electron chi connectivity index (χ4n) is 2.54. The van der Waals surface area contributed by atoms with Crippen LogP contribution in [0.2, 0.25) is 0 Å². The average molecular weight is 366 g/mol. The smallest absolute Gasteiger partial charge is 0.354 e. The lowest BCUT2D eigenvalue weighted by Gasteiger charge is -2.08. The molecule has 8 heteroatoms. The minimum atomic E-state index is -0.529. The van der Waals surface area contributed by atoms with E-state index in [2.05, 4.69) is 15.2 Å². The number of hydrogen-bond donors (Lipinski definition) is 2. The lowest BCUT2D eigenvalue weighted by Crippen LogP contribution is -2.12. The van der Waals surface area contributed by atoms with E-state index in [0.717, 1.165) is 11.6 Å². The van der Waals surface area contributed by atoms with Crippen molar-refractivity contribution < 1.29 is 19.4 Å². The van der Waals surface area contributed by atoms with E-state index < -0.39 is 11.8 Å². The predicted octanol–water partition coefficient (Wildman–Crippen LogP) is 2.61. The Hall–Kier alpha value is -3.68. The first-order valence-electron chi connectivity index (χ1n) is 8.30. The number of carbonyl (C=O) groups excluding carboxylic acids is 2. The van der Waals surface area contributed by atoms with Gasteiger partial charge in [0, 0.05) is 24.4 Å². The van der Waals surface area contributed by atoms with Crippen LogP contribution in [0.25, 0.3) is 5.76 Å². The molecule has 2 heterocycles. The molecular formula is C19H18N4O4. The summed E-state index contributed by atoms with van der Waals surface area (Å²) in [5.74, 6) is -1.31. The molecule has 138 valence electrons. The third kappa shape index (κ3) is 4.30. The van der Waals surface area contributed by atoms with Crippen molar-refractivity contribution in [2.24, 2.45) is 0 Å². The van der Waals surface area contributed by atoms with Gasteiger partial charge in [-0.2, -0.15) is 5.10 Å². The van der Waals surface area contributed by atoms with E-state index in [1.807, 2.05) is 30.3 Å². The van der Waals surface area contributed by atoms with Gasteiger partial charge < -0.3 is 14.4 Å². The van der Waals surface area contributed by atoms with Crippen molar-refractivity contribution in [2.45, 2.75) is 13.5 Å². The molecule has 0 aliphatic heterocycles. The number of ketones is 1. The molecule has 27 heavy (non-hydrogen) atoms. The van der Waals surface area contributed by atoms with E-state index >= 15 is 0 Å². The highest BCUT2D eigenvalue weighted by molar-refractivity contribution is 6.05. The molecule has 3 rings (SSSR count). The number of hydrogen-bond acceptors (Lipinski definition) is 6. The quantitative estimate of drug-likeness (QED) is 0.288. The van der Waals surface area contributed by atoms with Gasteiger partial charge in [0.15, 0.2) is 5.82 Å². The van der Waals surface area contributed by atoms with Gasteiger partial charge in [0.05, 0.1) is 6.61 Å². The number of rotatable bonds is 7. The molecule has 0 saturated heterocycles. The molecule has 3 aromatic rings. The van der Waals surface area contributed by atoms with E-state index in [-0.39, 0.29) is 23.9 Å². The molecule has 0 unspecified atom stereocenters. The number of nitrogens with one attached hydrogen (secondary N) is 1. The molecule has 0 fully saturated rings. The van der Waals surface area contributed by atoms with Crippen LogP contribution in [0.1, 0.15) is 39.2 Å². The van der Waals surface area contributed by atoms with Gasteiger partial charge >= 0.3 is 5.97 Å². The number of esters is 1. The maximum Gasteiger partial charge on any atom is 0.354 e. The Labute approximate surface area is 155 Å². The Morgan fingerprint density at radius 2 is 2.07 bits per heavy atom. The van der Waals surface area contributed by atoms with Crippen LogP contribution in [0.4, 0.5) is 0 Å². The number of H-pyrrole nitrogens is 1. The normalized spacial score (nSPS) is 11.4. The minimum Gasteiger partial charge on any atom is -0.507 e. The topological polar surface area (TPSA) is 110 Å². The summed E-state index contributed by atoms with van der Waals surface area (Å²) in [6.45, 7) is 2.37. The molecule has 0 atom stereocenters. The second-order valence-corrected chi connectivity index (χ2v) is 5.68. The lowest BCUT2D eigenvalue weighted by atomic mass is 10.2. The van der Waals surface area contributed by atoms with Crippen molar-refractivity contribution in [1.29, 1.82) is 0 Å². The molecule has 0 bridgehead atoms. The highest BCUT2D eigenvalue weighted by Crippen LogP contribution is 2.19. The second kappa shape index (κ2) is 8.13. The minimum absolute atomic E-state index is 0.0101. The van der Waals surface area contributed by atoms with E-state index in [0.29, 0.717) is 12.1 Å². The third-order valence-electron chi connectivity index (χ3n) is 3.79. The van der Waals surface area contributed by atoms with Gasteiger partial charge in [-0.15, -0.1) is 0 Å². The predicted molar refractivity (Wildman–Crippen MR) is 97.3 cm³/mol. The fourth-order valence-corrected chi connectivity index (χ4v) is 2.54. The second-order valence-electron chi connectivity index (χ2n) is 5.68. The zero-order valence-corrected chi connectivity index (χ0v) is 14.6. The molecule has 0 amide bonds. The monoisotopic (exact) mass is 366 g/mol.